The number of ether oxygens (including phenoxy) is 1. The quantitative estimate of drug-likeness (QED) is 0.441. The topological polar surface area (TPSA) is 75.0 Å². The summed E-state index contributed by atoms with van der Waals surface area (Å²) in [6, 6.07) is 14.6. The minimum Gasteiger partial charge on any atom is -0.502 e. The summed E-state index contributed by atoms with van der Waals surface area (Å²) in [5, 5.41) is 12.5. The van der Waals surface area contributed by atoms with E-state index in [2.05, 4.69) is 0 Å². The number of fused-ring (bicyclic) bond motifs is 5. The number of carbonyl (C=O) groups excluding carboxylic acids is 1. The van der Waals surface area contributed by atoms with Crippen LogP contribution < -0.4 is 15.2 Å². The van der Waals surface area contributed by atoms with Crippen LogP contribution in [0, 0.1) is 5.82 Å². The van der Waals surface area contributed by atoms with Crippen molar-refractivity contribution in [3.63, 3.8) is 0 Å². The number of para-hydroxylation sites is 1. The highest BCUT2D eigenvalue weighted by atomic mass is 19.1. The lowest BCUT2D eigenvalue weighted by Gasteiger charge is -2.46. The molecule has 0 saturated heterocycles. The Balaban J connectivity index is 0.00000160. The van der Waals surface area contributed by atoms with E-state index in [4.69, 9.17) is 4.74 Å². The van der Waals surface area contributed by atoms with Crippen LogP contribution in [0.2, 0.25) is 0 Å². The molecule has 198 valence electrons. The third kappa shape index (κ3) is 5.09. The van der Waals surface area contributed by atoms with Gasteiger partial charge in [-0.2, -0.15) is 0 Å². The Kier molecular flexibility index (Phi) is 9.28. The molecule has 0 unspecified atom stereocenters. The van der Waals surface area contributed by atoms with Gasteiger partial charge in [-0.3, -0.25) is 19.3 Å². The first-order valence-corrected chi connectivity index (χ1v) is 11.1. The molecule has 0 spiro atoms. The van der Waals surface area contributed by atoms with Crippen molar-refractivity contribution in [3.05, 3.63) is 106 Å². The number of rotatable bonds is 1. The minimum absolute atomic E-state index is 0. The van der Waals surface area contributed by atoms with E-state index in [1.165, 1.54) is 23.0 Å². The Hall–Kier alpha value is -4.07. The molecule has 3 aromatic rings. The number of pyridine rings is 1. The van der Waals surface area contributed by atoms with Crippen LogP contribution in [0.15, 0.2) is 77.7 Å². The lowest BCUT2D eigenvalue weighted by Crippen LogP contribution is -2.57. The van der Waals surface area contributed by atoms with E-state index in [0.717, 1.165) is 5.56 Å². The van der Waals surface area contributed by atoms with Crippen LogP contribution in [-0.2, 0) is 0 Å². The van der Waals surface area contributed by atoms with E-state index in [-0.39, 0.29) is 53.0 Å². The molecule has 1 N–H and O–H groups in total. The predicted octanol–water partition coefficient (Wildman–Crippen LogP) is 5.47. The molecule has 0 fully saturated rings. The van der Waals surface area contributed by atoms with Gasteiger partial charge in [-0.1, -0.05) is 76.9 Å². The van der Waals surface area contributed by atoms with Crippen LogP contribution in [0.25, 0.3) is 0 Å². The number of hydrogen-bond donors (Lipinski definition) is 1. The summed E-state index contributed by atoms with van der Waals surface area (Å²) in [5.41, 5.74) is 0.635. The van der Waals surface area contributed by atoms with Crippen molar-refractivity contribution < 1.29 is 19.0 Å². The molecular formula is C29H36FN3O4. The molecule has 2 bridgehead atoms. The molecule has 1 amide bonds. The Bertz CT molecular complexity index is 1320. The standard InChI is InChI=1S/C26H24FN3O4.3CH4/c1-17-8-5-6-15-34-25-19(11-7-12-20(25)27)22(18-9-3-2-4-10-18)30-16-28(17)26(33)23-24(32)21(31)13-14-29(23)30;;;/h2-7,9-14,17,22,32H,8,15-16H2,1H3;3*1H4/b6-5+;;;/t17-,22-;;;/m0.../s1. The van der Waals surface area contributed by atoms with E-state index < -0.39 is 28.9 Å². The van der Waals surface area contributed by atoms with E-state index in [9.17, 15) is 14.7 Å². The summed E-state index contributed by atoms with van der Waals surface area (Å²) in [7, 11) is 0. The first-order valence-electron chi connectivity index (χ1n) is 11.1. The smallest absolute Gasteiger partial charge is 0.278 e. The van der Waals surface area contributed by atoms with Crippen molar-refractivity contribution in [3.8, 4) is 11.5 Å². The number of aromatic hydroxyl groups is 1. The molecule has 7 nitrogen and oxygen atoms in total. The van der Waals surface area contributed by atoms with Crippen LogP contribution in [0.3, 0.4) is 0 Å². The number of amides is 1. The SMILES string of the molecule is C.C.C.C[C@H]1C/C=C/COc2c(F)cccc2[C@H](c2ccccc2)N2CN1C(=O)c1c(O)c(=O)ccn12. The molecule has 0 radical (unpaired) electrons. The maximum absolute atomic E-state index is 15.0. The second-order valence-corrected chi connectivity index (χ2v) is 8.42. The third-order valence-electron chi connectivity index (χ3n) is 6.30. The first-order chi connectivity index (χ1) is 16.5. The molecule has 2 atom stereocenters. The van der Waals surface area contributed by atoms with Gasteiger partial charge in [-0.25, -0.2) is 4.39 Å². The lowest BCUT2D eigenvalue weighted by molar-refractivity contribution is 0.0606. The molecule has 2 aliphatic heterocycles. The van der Waals surface area contributed by atoms with Gasteiger partial charge in [0.25, 0.3) is 5.91 Å². The normalized spacial score (nSPS) is 19.2. The number of benzene rings is 2. The van der Waals surface area contributed by atoms with Crippen molar-refractivity contribution in [2.45, 2.75) is 47.7 Å². The minimum atomic E-state index is -0.638. The highest BCUT2D eigenvalue weighted by molar-refractivity contribution is 5.96. The van der Waals surface area contributed by atoms with E-state index in [1.807, 2.05) is 48.3 Å². The molecule has 2 aliphatic rings. The number of halogens is 1. The highest BCUT2D eigenvalue weighted by Gasteiger charge is 2.39. The Morgan fingerprint density at radius 1 is 0.973 bits per heavy atom. The van der Waals surface area contributed by atoms with Gasteiger partial charge in [0.2, 0.25) is 5.43 Å². The second kappa shape index (κ2) is 11.8. The largest absolute Gasteiger partial charge is 0.502 e. The van der Waals surface area contributed by atoms with Crippen LogP contribution >= 0.6 is 0 Å². The summed E-state index contributed by atoms with van der Waals surface area (Å²) in [6.07, 6.45) is 5.68. The zero-order valence-corrected chi connectivity index (χ0v) is 18.6. The fourth-order valence-corrected chi connectivity index (χ4v) is 4.56. The zero-order valence-electron chi connectivity index (χ0n) is 18.6. The summed E-state index contributed by atoms with van der Waals surface area (Å²) in [5.74, 6) is -1.43. The second-order valence-electron chi connectivity index (χ2n) is 8.42. The summed E-state index contributed by atoms with van der Waals surface area (Å²) in [4.78, 5) is 27.3. The Morgan fingerprint density at radius 3 is 2.43 bits per heavy atom. The Morgan fingerprint density at radius 2 is 1.70 bits per heavy atom. The van der Waals surface area contributed by atoms with Gasteiger partial charge in [0.1, 0.15) is 19.3 Å². The molecule has 0 aliphatic carbocycles. The van der Waals surface area contributed by atoms with E-state index in [0.29, 0.717) is 12.0 Å². The van der Waals surface area contributed by atoms with Gasteiger partial charge < -0.3 is 14.7 Å². The van der Waals surface area contributed by atoms with Gasteiger partial charge >= 0.3 is 0 Å². The van der Waals surface area contributed by atoms with Crippen molar-refractivity contribution in [1.29, 1.82) is 0 Å². The number of nitrogens with zero attached hydrogens (tertiary/aromatic N) is 3. The molecule has 8 heteroatoms. The van der Waals surface area contributed by atoms with Gasteiger partial charge in [-0.05, 0) is 25.0 Å². The van der Waals surface area contributed by atoms with E-state index in [1.54, 1.807) is 23.1 Å². The van der Waals surface area contributed by atoms with Gasteiger partial charge in [0.05, 0.1) is 0 Å². The van der Waals surface area contributed by atoms with Crippen LogP contribution in [0.4, 0.5) is 4.39 Å². The first kappa shape index (κ1) is 29.2. The van der Waals surface area contributed by atoms with Crippen molar-refractivity contribution in [1.82, 2.24) is 9.58 Å². The van der Waals surface area contributed by atoms with Crippen LogP contribution in [-0.4, -0.2) is 39.9 Å². The van der Waals surface area contributed by atoms with Crippen molar-refractivity contribution in [2.75, 3.05) is 18.3 Å². The average molecular weight is 510 g/mol. The summed E-state index contributed by atoms with van der Waals surface area (Å²) in [6.45, 7) is 2.24. The number of aromatic nitrogens is 1. The van der Waals surface area contributed by atoms with E-state index >= 15 is 4.39 Å². The number of hydrogen-bond acceptors (Lipinski definition) is 5. The van der Waals surface area contributed by atoms with Crippen LogP contribution in [0.1, 0.15) is 63.3 Å². The van der Waals surface area contributed by atoms with Gasteiger partial charge in [0, 0.05) is 23.9 Å². The Labute approximate surface area is 218 Å². The fraction of sp³-hybridized carbons (Fsp3) is 0.310. The third-order valence-corrected chi connectivity index (χ3v) is 6.30. The monoisotopic (exact) mass is 509 g/mol. The molecular weight excluding hydrogens is 473 g/mol. The van der Waals surface area contributed by atoms with Gasteiger partial charge in [-0.15, -0.1) is 0 Å². The fourth-order valence-electron chi connectivity index (χ4n) is 4.56. The summed E-state index contributed by atoms with van der Waals surface area (Å²) >= 11 is 0. The molecule has 3 heterocycles. The molecule has 0 saturated carbocycles. The number of carbonyl (C=O) groups is 1. The average Bonchev–Trinajstić information content (AvgIpc) is 2.83. The molecule has 5 rings (SSSR count). The molecule has 2 aromatic carbocycles. The maximum Gasteiger partial charge on any atom is 0.278 e. The molecule has 1 aromatic heterocycles. The predicted molar refractivity (Wildman–Crippen MR) is 145 cm³/mol. The lowest BCUT2D eigenvalue weighted by atomic mass is 9.96. The summed E-state index contributed by atoms with van der Waals surface area (Å²) < 4.78 is 22.4. The zero-order chi connectivity index (χ0) is 23.8. The van der Waals surface area contributed by atoms with Gasteiger partial charge in [0.15, 0.2) is 23.0 Å². The van der Waals surface area contributed by atoms with Crippen molar-refractivity contribution >= 4 is 5.91 Å². The maximum atomic E-state index is 15.0. The highest BCUT2D eigenvalue weighted by Crippen LogP contribution is 2.38. The van der Waals surface area contributed by atoms with Crippen LogP contribution in [0.5, 0.6) is 11.5 Å². The van der Waals surface area contributed by atoms with Crippen molar-refractivity contribution in [2.24, 2.45) is 0 Å². The molecule has 37 heavy (non-hydrogen) atoms.